The Balaban J connectivity index is 2.58. The summed E-state index contributed by atoms with van der Waals surface area (Å²) >= 11 is 1.66. The van der Waals surface area contributed by atoms with Crippen molar-refractivity contribution in [3.8, 4) is 0 Å². The molecule has 1 unspecified atom stereocenters. The Morgan fingerprint density at radius 1 is 1.80 bits per heavy atom. The summed E-state index contributed by atoms with van der Waals surface area (Å²) in [6, 6.07) is 2.02. The fourth-order valence-corrected chi connectivity index (χ4v) is 2.38. The van der Waals surface area contributed by atoms with E-state index in [-0.39, 0.29) is 11.1 Å². The first-order valence-electron chi connectivity index (χ1n) is 4.66. The van der Waals surface area contributed by atoms with Crippen molar-refractivity contribution < 1.29 is 5.21 Å². The minimum Gasteiger partial charge on any atom is -0.409 e. The largest absolute Gasteiger partial charge is 0.409 e. The zero-order valence-corrected chi connectivity index (χ0v) is 9.95. The SMILES string of the molecule is Cc1cc(SC(C)CC(N)=NO)n(C)n1. The van der Waals surface area contributed by atoms with Gasteiger partial charge in [0.15, 0.2) is 0 Å². The summed E-state index contributed by atoms with van der Waals surface area (Å²) in [5.74, 6) is 0.258. The molecule has 1 rings (SSSR count). The van der Waals surface area contributed by atoms with E-state index in [1.807, 2.05) is 31.6 Å². The Hall–Kier alpha value is -1.17. The van der Waals surface area contributed by atoms with Gasteiger partial charge in [-0.05, 0) is 13.0 Å². The molecule has 0 bridgehead atoms. The molecule has 0 fully saturated rings. The second kappa shape index (κ2) is 5.06. The number of nitrogens with two attached hydrogens (primary N) is 1. The Bertz CT molecular complexity index is 361. The van der Waals surface area contributed by atoms with Crippen LogP contribution in [0.1, 0.15) is 19.0 Å². The lowest BCUT2D eigenvalue weighted by Gasteiger charge is -2.09. The smallest absolute Gasteiger partial charge is 0.140 e. The van der Waals surface area contributed by atoms with Crippen molar-refractivity contribution in [2.75, 3.05) is 0 Å². The summed E-state index contributed by atoms with van der Waals surface area (Å²) < 4.78 is 1.84. The summed E-state index contributed by atoms with van der Waals surface area (Å²) in [5, 5.41) is 17.0. The Kier molecular flexibility index (Phi) is 4.02. The van der Waals surface area contributed by atoms with Gasteiger partial charge in [-0.15, -0.1) is 11.8 Å². The number of rotatable bonds is 4. The van der Waals surface area contributed by atoms with Crippen LogP contribution in [0.4, 0.5) is 0 Å². The first-order valence-corrected chi connectivity index (χ1v) is 5.54. The summed E-state index contributed by atoms with van der Waals surface area (Å²) in [6.07, 6.45) is 0.561. The van der Waals surface area contributed by atoms with E-state index in [2.05, 4.69) is 10.3 Å². The van der Waals surface area contributed by atoms with Crippen LogP contribution in [0.3, 0.4) is 0 Å². The molecule has 0 radical (unpaired) electrons. The zero-order chi connectivity index (χ0) is 11.4. The minimum absolute atomic E-state index is 0.258. The fraction of sp³-hybridized carbons (Fsp3) is 0.556. The molecule has 6 heteroatoms. The number of thioether (sulfide) groups is 1. The lowest BCUT2D eigenvalue weighted by Crippen LogP contribution is -2.16. The van der Waals surface area contributed by atoms with Crippen LogP contribution < -0.4 is 5.73 Å². The molecule has 1 aromatic rings. The molecule has 1 atom stereocenters. The van der Waals surface area contributed by atoms with Gasteiger partial charge in [0.2, 0.25) is 0 Å². The van der Waals surface area contributed by atoms with E-state index in [1.54, 1.807) is 11.8 Å². The first kappa shape index (κ1) is 11.9. The molecule has 0 saturated heterocycles. The van der Waals surface area contributed by atoms with E-state index >= 15 is 0 Å². The molecule has 0 aliphatic rings. The van der Waals surface area contributed by atoms with Crippen molar-refractivity contribution >= 4 is 17.6 Å². The van der Waals surface area contributed by atoms with Crippen molar-refractivity contribution in [2.24, 2.45) is 17.9 Å². The van der Waals surface area contributed by atoms with Crippen LogP contribution >= 0.6 is 11.8 Å². The maximum atomic E-state index is 8.44. The fourth-order valence-electron chi connectivity index (χ4n) is 1.28. The number of hydrogen-bond acceptors (Lipinski definition) is 4. The third-order valence-electron chi connectivity index (χ3n) is 1.91. The molecule has 84 valence electrons. The molecular weight excluding hydrogens is 212 g/mol. The predicted octanol–water partition coefficient (Wildman–Crippen LogP) is 1.35. The number of nitrogens with zero attached hydrogens (tertiary/aromatic N) is 3. The average Bonchev–Trinajstić information content (AvgIpc) is 2.44. The topological polar surface area (TPSA) is 76.4 Å². The van der Waals surface area contributed by atoms with Crippen molar-refractivity contribution in [3.63, 3.8) is 0 Å². The molecule has 1 heterocycles. The molecular formula is C9H16N4OS. The van der Waals surface area contributed by atoms with Crippen molar-refractivity contribution in [3.05, 3.63) is 11.8 Å². The molecule has 5 nitrogen and oxygen atoms in total. The van der Waals surface area contributed by atoms with Gasteiger partial charge in [-0.3, -0.25) is 4.68 Å². The number of aromatic nitrogens is 2. The minimum atomic E-state index is 0.258. The van der Waals surface area contributed by atoms with E-state index in [0.717, 1.165) is 10.7 Å². The van der Waals surface area contributed by atoms with E-state index in [0.29, 0.717) is 6.42 Å². The van der Waals surface area contributed by atoms with Gasteiger partial charge < -0.3 is 10.9 Å². The Morgan fingerprint density at radius 2 is 2.47 bits per heavy atom. The van der Waals surface area contributed by atoms with E-state index < -0.39 is 0 Å². The first-order chi connectivity index (χ1) is 7.02. The van der Waals surface area contributed by atoms with Crippen molar-refractivity contribution in [1.29, 1.82) is 0 Å². The maximum absolute atomic E-state index is 8.44. The van der Waals surface area contributed by atoms with Gasteiger partial charge in [0.05, 0.1) is 10.7 Å². The van der Waals surface area contributed by atoms with Gasteiger partial charge in [-0.25, -0.2) is 0 Å². The third-order valence-corrected chi connectivity index (χ3v) is 3.10. The summed E-state index contributed by atoms with van der Waals surface area (Å²) in [4.78, 5) is 0. The molecule has 0 amide bonds. The van der Waals surface area contributed by atoms with Crippen LogP contribution in [0.5, 0.6) is 0 Å². The highest BCUT2D eigenvalue weighted by Crippen LogP contribution is 2.25. The van der Waals surface area contributed by atoms with Gasteiger partial charge in [-0.1, -0.05) is 12.1 Å². The lowest BCUT2D eigenvalue weighted by atomic mass is 10.3. The van der Waals surface area contributed by atoms with Crippen molar-refractivity contribution in [2.45, 2.75) is 30.5 Å². The molecule has 3 N–H and O–H groups in total. The molecule has 0 spiro atoms. The molecule has 0 aliphatic carbocycles. The van der Waals surface area contributed by atoms with Gasteiger partial charge in [0.1, 0.15) is 5.84 Å². The van der Waals surface area contributed by atoms with Crippen LogP contribution in [-0.2, 0) is 7.05 Å². The summed E-state index contributed by atoms with van der Waals surface area (Å²) in [5.41, 5.74) is 6.43. The standard InChI is InChI=1S/C9H16N4OS/c1-6-4-9(13(3)11-6)15-7(2)5-8(10)12-14/h4,7,14H,5H2,1-3H3,(H2,10,12). The van der Waals surface area contributed by atoms with E-state index in [1.165, 1.54) is 0 Å². The van der Waals surface area contributed by atoms with Crippen LogP contribution in [0.2, 0.25) is 0 Å². The van der Waals surface area contributed by atoms with Gasteiger partial charge in [-0.2, -0.15) is 5.10 Å². The normalized spacial score (nSPS) is 14.2. The third kappa shape index (κ3) is 3.47. The van der Waals surface area contributed by atoms with E-state index in [4.69, 9.17) is 10.9 Å². The van der Waals surface area contributed by atoms with Crippen LogP contribution in [0.15, 0.2) is 16.2 Å². The van der Waals surface area contributed by atoms with Crippen molar-refractivity contribution in [1.82, 2.24) is 9.78 Å². The molecule has 1 aromatic heterocycles. The second-order valence-corrected chi connectivity index (χ2v) is 4.93. The lowest BCUT2D eigenvalue weighted by molar-refractivity contribution is 0.317. The quantitative estimate of drug-likeness (QED) is 0.268. The summed E-state index contributed by atoms with van der Waals surface area (Å²) in [6.45, 7) is 3.99. The molecule has 0 saturated carbocycles. The predicted molar refractivity (Wildman–Crippen MR) is 61.3 cm³/mol. The molecule has 0 aliphatic heterocycles. The number of hydrogen-bond donors (Lipinski definition) is 2. The maximum Gasteiger partial charge on any atom is 0.140 e. The number of amidine groups is 1. The van der Waals surface area contributed by atoms with Crippen LogP contribution in [0, 0.1) is 6.92 Å². The zero-order valence-electron chi connectivity index (χ0n) is 9.14. The monoisotopic (exact) mass is 228 g/mol. The van der Waals surface area contributed by atoms with Gasteiger partial charge in [0, 0.05) is 18.7 Å². The highest BCUT2D eigenvalue weighted by atomic mass is 32.2. The van der Waals surface area contributed by atoms with Crippen LogP contribution in [0.25, 0.3) is 0 Å². The van der Waals surface area contributed by atoms with Crippen LogP contribution in [-0.4, -0.2) is 26.1 Å². The molecule has 15 heavy (non-hydrogen) atoms. The summed E-state index contributed by atoms with van der Waals surface area (Å²) in [7, 11) is 1.91. The van der Waals surface area contributed by atoms with Gasteiger partial charge in [0.25, 0.3) is 0 Å². The van der Waals surface area contributed by atoms with Gasteiger partial charge >= 0.3 is 0 Å². The van der Waals surface area contributed by atoms with E-state index in [9.17, 15) is 0 Å². The average molecular weight is 228 g/mol. The second-order valence-electron chi connectivity index (χ2n) is 3.47. The highest BCUT2D eigenvalue weighted by Gasteiger charge is 2.10. The molecule has 0 aromatic carbocycles. The number of aryl methyl sites for hydroxylation is 2. The Labute approximate surface area is 93.3 Å². The Morgan fingerprint density at radius 3 is 2.93 bits per heavy atom. The number of oxime groups is 1. The highest BCUT2D eigenvalue weighted by molar-refractivity contribution is 7.99.